The van der Waals surface area contributed by atoms with Gasteiger partial charge in [-0.25, -0.2) is 0 Å². The van der Waals surface area contributed by atoms with Crippen molar-refractivity contribution in [2.24, 2.45) is 11.7 Å². The third-order valence-corrected chi connectivity index (χ3v) is 2.52. The second-order valence-corrected chi connectivity index (χ2v) is 3.51. The molecule has 5 heteroatoms. The van der Waals surface area contributed by atoms with Crippen LogP contribution in [-0.2, 0) is 14.3 Å². The highest BCUT2D eigenvalue weighted by atomic mass is 16.7. The molecule has 0 aromatic heterocycles. The largest absolute Gasteiger partial charge is 0.354 e. The summed E-state index contributed by atoms with van der Waals surface area (Å²) in [6.45, 7) is 1.77. The minimum atomic E-state index is -0.338. The number of nitrogens with two attached hydrogens (primary N) is 1. The van der Waals surface area contributed by atoms with Gasteiger partial charge in [0.05, 0.1) is 6.54 Å². The van der Waals surface area contributed by atoms with Crippen LogP contribution in [0.3, 0.4) is 0 Å². The van der Waals surface area contributed by atoms with Crippen LogP contribution in [0.2, 0.25) is 0 Å². The van der Waals surface area contributed by atoms with E-state index in [2.05, 4.69) is 0 Å². The average molecular weight is 202 g/mol. The minimum absolute atomic E-state index is 0.138. The van der Waals surface area contributed by atoms with E-state index in [1.165, 1.54) is 0 Å². The van der Waals surface area contributed by atoms with Crippen LogP contribution in [0.1, 0.15) is 6.42 Å². The molecule has 1 heterocycles. The fourth-order valence-electron chi connectivity index (χ4n) is 1.61. The van der Waals surface area contributed by atoms with E-state index in [0.717, 1.165) is 6.54 Å². The summed E-state index contributed by atoms with van der Waals surface area (Å²) in [4.78, 5) is 13.2. The van der Waals surface area contributed by atoms with Crippen molar-refractivity contribution in [3.05, 3.63) is 0 Å². The van der Waals surface area contributed by atoms with Crippen LogP contribution >= 0.6 is 0 Å². The molecule has 0 radical (unpaired) electrons. The Morgan fingerprint density at radius 2 is 2.21 bits per heavy atom. The van der Waals surface area contributed by atoms with Crippen molar-refractivity contribution in [1.29, 1.82) is 0 Å². The Hall–Kier alpha value is -0.650. The van der Waals surface area contributed by atoms with Gasteiger partial charge < -0.3 is 20.1 Å². The molecule has 1 unspecified atom stereocenters. The molecule has 1 fully saturated rings. The van der Waals surface area contributed by atoms with E-state index in [-0.39, 0.29) is 18.1 Å². The van der Waals surface area contributed by atoms with Crippen LogP contribution < -0.4 is 5.73 Å². The maximum atomic E-state index is 11.5. The van der Waals surface area contributed by atoms with Crippen LogP contribution in [0.5, 0.6) is 0 Å². The van der Waals surface area contributed by atoms with E-state index >= 15 is 0 Å². The average Bonchev–Trinajstić information content (AvgIpc) is 2.56. The number of carbonyl (C=O) groups is 1. The molecule has 82 valence electrons. The number of likely N-dealkylation sites (tertiary alicyclic amines) is 1. The molecule has 5 nitrogen and oxygen atoms in total. The van der Waals surface area contributed by atoms with Gasteiger partial charge >= 0.3 is 0 Å². The summed E-state index contributed by atoms with van der Waals surface area (Å²) in [7, 11) is 3.13. The molecule has 1 aliphatic heterocycles. The molecule has 14 heavy (non-hydrogen) atoms. The molecular formula is C9H18N2O3. The number of nitrogens with zero attached hydrogens (tertiary/aromatic N) is 1. The molecule has 1 aliphatic rings. The quantitative estimate of drug-likeness (QED) is 0.605. The van der Waals surface area contributed by atoms with Crippen LogP contribution in [0.25, 0.3) is 0 Å². The third-order valence-electron chi connectivity index (χ3n) is 2.52. The van der Waals surface area contributed by atoms with E-state index < -0.39 is 0 Å². The van der Waals surface area contributed by atoms with Crippen molar-refractivity contribution in [3.63, 3.8) is 0 Å². The summed E-state index contributed by atoms with van der Waals surface area (Å²) in [6.07, 6.45) is 0.215. The van der Waals surface area contributed by atoms with Crippen molar-refractivity contribution >= 4 is 5.91 Å². The van der Waals surface area contributed by atoms with Gasteiger partial charge in [0.15, 0.2) is 6.29 Å². The molecule has 2 N–H and O–H groups in total. The van der Waals surface area contributed by atoms with E-state index in [0.29, 0.717) is 19.5 Å². The summed E-state index contributed by atoms with van der Waals surface area (Å²) in [5.74, 6) is 0.427. The molecule has 0 aromatic carbocycles. The van der Waals surface area contributed by atoms with Gasteiger partial charge in [0.1, 0.15) is 0 Å². The molecule has 1 saturated heterocycles. The van der Waals surface area contributed by atoms with Crippen LogP contribution in [-0.4, -0.2) is 51.0 Å². The van der Waals surface area contributed by atoms with Crippen molar-refractivity contribution in [2.75, 3.05) is 33.9 Å². The molecule has 0 spiro atoms. The smallest absolute Gasteiger partial charge is 0.223 e. The Balaban J connectivity index is 2.41. The topological polar surface area (TPSA) is 64.8 Å². The number of hydrogen-bond acceptors (Lipinski definition) is 4. The lowest BCUT2D eigenvalue weighted by Crippen LogP contribution is -2.36. The van der Waals surface area contributed by atoms with E-state index in [1.807, 2.05) is 0 Å². The van der Waals surface area contributed by atoms with Gasteiger partial charge in [0.2, 0.25) is 5.91 Å². The zero-order chi connectivity index (χ0) is 10.6. The highest BCUT2D eigenvalue weighted by Crippen LogP contribution is 2.17. The number of amides is 1. The zero-order valence-corrected chi connectivity index (χ0v) is 8.73. The molecule has 1 rings (SSSR count). The van der Waals surface area contributed by atoms with Gasteiger partial charge in [-0.15, -0.1) is 0 Å². The molecule has 0 saturated carbocycles. The second kappa shape index (κ2) is 5.29. The van der Waals surface area contributed by atoms with E-state index in [9.17, 15) is 4.79 Å². The minimum Gasteiger partial charge on any atom is -0.354 e. The maximum Gasteiger partial charge on any atom is 0.223 e. The summed E-state index contributed by atoms with van der Waals surface area (Å²) in [6, 6.07) is 0. The Kier molecular flexibility index (Phi) is 4.31. The summed E-state index contributed by atoms with van der Waals surface area (Å²) in [5, 5.41) is 0. The van der Waals surface area contributed by atoms with Gasteiger partial charge in [-0.3, -0.25) is 4.79 Å². The standard InChI is InChI=1S/C9H18N2O3/c1-13-9(14-2)6-11-5-7(4-10)3-8(11)12/h7,9H,3-6,10H2,1-2H3. The number of carbonyl (C=O) groups excluding carboxylic acids is 1. The fraction of sp³-hybridized carbons (Fsp3) is 0.889. The molecule has 0 aromatic rings. The fourth-order valence-corrected chi connectivity index (χ4v) is 1.61. The maximum absolute atomic E-state index is 11.5. The highest BCUT2D eigenvalue weighted by molar-refractivity contribution is 5.78. The summed E-state index contributed by atoms with van der Waals surface area (Å²) < 4.78 is 10.1. The molecule has 0 bridgehead atoms. The summed E-state index contributed by atoms with van der Waals surface area (Å²) in [5.41, 5.74) is 5.51. The second-order valence-electron chi connectivity index (χ2n) is 3.51. The predicted octanol–water partition coefficient (Wildman–Crippen LogP) is -0.587. The number of methoxy groups -OCH3 is 2. The van der Waals surface area contributed by atoms with Gasteiger partial charge in [0, 0.05) is 27.2 Å². The van der Waals surface area contributed by atoms with E-state index in [4.69, 9.17) is 15.2 Å². The summed E-state index contributed by atoms with van der Waals surface area (Å²) >= 11 is 0. The first-order valence-electron chi connectivity index (χ1n) is 4.74. The van der Waals surface area contributed by atoms with Crippen molar-refractivity contribution in [3.8, 4) is 0 Å². The predicted molar refractivity (Wildman–Crippen MR) is 51.5 cm³/mol. The Morgan fingerprint density at radius 1 is 1.57 bits per heavy atom. The monoisotopic (exact) mass is 202 g/mol. The van der Waals surface area contributed by atoms with Gasteiger partial charge in [0.25, 0.3) is 0 Å². The lowest BCUT2D eigenvalue weighted by Gasteiger charge is -2.21. The first kappa shape index (κ1) is 11.4. The lowest BCUT2D eigenvalue weighted by molar-refractivity contribution is -0.141. The number of hydrogen-bond donors (Lipinski definition) is 1. The number of rotatable bonds is 5. The Morgan fingerprint density at radius 3 is 2.64 bits per heavy atom. The first-order valence-corrected chi connectivity index (χ1v) is 4.74. The van der Waals surface area contributed by atoms with Gasteiger partial charge in [-0.2, -0.15) is 0 Å². The lowest BCUT2D eigenvalue weighted by atomic mass is 10.1. The van der Waals surface area contributed by atoms with Crippen LogP contribution in [0.4, 0.5) is 0 Å². The van der Waals surface area contributed by atoms with Crippen molar-refractivity contribution < 1.29 is 14.3 Å². The van der Waals surface area contributed by atoms with Crippen molar-refractivity contribution in [1.82, 2.24) is 4.90 Å². The van der Waals surface area contributed by atoms with Crippen molar-refractivity contribution in [2.45, 2.75) is 12.7 Å². The Bertz CT molecular complexity index is 194. The molecule has 0 aliphatic carbocycles. The molecule has 1 amide bonds. The van der Waals surface area contributed by atoms with Crippen LogP contribution in [0, 0.1) is 5.92 Å². The first-order chi connectivity index (χ1) is 6.71. The molecule has 1 atom stereocenters. The van der Waals surface area contributed by atoms with Gasteiger partial charge in [-0.05, 0) is 12.5 Å². The zero-order valence-electron chi connectivity index (χ0n) is 8.73. The van der Waals surface area contributed by atoms with E-state index in [1.54, 1.807) is 19.1 Å². The highest BCUT2D eigenvalue weighted by Gasteiger charge is 2.30. The number of ether oxygens (including phenoxy) is 2. The van der Waals surface area contributed by atoms with Gasteiger partial charge in [-0.1, -0.05) is 0 Å². The van der Waals surface area contributed by atoms with Crippen LogP contribution in [0.15, 0.2) is 0 Å². The molecular weight excluding hydrogens is 184 g/mol. The Labute approximate surface area is 84.1 Å². The normalized spacial score (nSPS) is 22.4. The SMILES string of the molecule is COC(CN1CC(CN)CC1=O)OC. The third kappa shape index (κ3) is 2.67.